The van der Waals surface area contributed by atoms with Crippen molar-refractivity contribution >= 4 is 27.7 Å². The van der Waals surface area contributed by atoms with Gasteiger partial charge in [-0.15, -0.1) is 0 Å². The van der Waals surface area contributed by atoms with Gasteiger partial charge in [0, 0.05) is 48.9 Å². The van der Waals surface area contributed by atoms with Gasteiger partial charge in [0.05, 0.1) is 12.1 Å². The van der Waals surface area contributed by atoms with E-state index in [1.807, 2.05) is 0 Å². The number of carbonyl (C=O) groups is 2. The highest BCUT2D eigenvalue weighted by atomic mass is 32.5. The van der Waals surface area contributed by atoms with Crippen LogP contribution in [0.3, 0.4) is 0 Å². The number of aliphatic hydroxyl groups is 1. The Balaban J connectivity index is 2.00. The summed E-state index contributed by atoms with van der Waals surface area (Å²) in [5.41, 5.74) is -8.21. The Bertz CT molecular complexity index is 1520. The fraction of sp³-hybridized carbons (Fsp3) is 0.481. The molecule has 46 heavy (non-hydrogen) atoms. The van der Waals surface area contributed by atoms with Gasteiger partial charge in [0.25, 0.3) is 11.8 Å². The number of halogens is 10. The molecule has 19 heteroatoms. The third-order valence-electron chi connectivity index (χ3n) is 7.90. The molecule has 254 valence electrons. The van der Waals surface area contributed by atoms with Crippen molar-refractivity contribution in [3.05, 3.63) is 54.4 Å². The summed E-state index contributed by atoms with van der Waals surface area (Å²) < 4.78 is 142. The van der Waals surface area contributed by atoms with Crippen molar-refractivity contribution < 1.29 is 56.1 Å². The van der Waals surface area contributed by atoms with Crippen molar-refractivity contribution in [2.75, 3.05) is 11.4 Å². The number of aromatic nitrogens is 1. The summed E-state index contributed by atoms with van der Waals surface area (Å²) >= 11 is 0. The van der Waals surface area contributed by atoms with Crippen LogP contribution in [0.1, 0.15) is 44.6 Å². The normalized spacial score (nSPS) is 25.0. The van der Waals surface area contributed by atoms with E-state index in [9.17, 15) is 48.2 Å². The number of alkyl halides is 5. The van der Waals surface area contributed by atoms with Gasteiger partial charge in [-0.3, -0.25) is 24.4 Å². The van der Waals surface area contributed by atoms with Crippen molar-refractivity contribution in [1.29, 1.82) is 5.26 Å². The number of hydrogen-bond donors (Lipinski definition) is 2. The SMILES string of the molecule is C[C@@]1(O)C[C@H](C(=O)N(c2ccc(S(F)(F)(F)(F)F)cc2)C(C(=O)NC2CCC(F)(F)CC2)(c2cccnc2)C(F)(F)F)N(C#N)C1. The molecule has 3 atom stereocenters. The van der Waals surface area contributed by atoms with Crippen LogP contribution in [-0.2, 0) is 15.1 Å². The van der Waals surface area contributed by atoms with Gasteiger partial charge in [0.1, 0.15) is 10.9 Å². The summed E-state index contributed by atoms with van der Waals surface area (Å²) in [6.07, 6.45) is -5.98. The standard InChI is InChI=1S/C27H27F10N5O3S/c1-24(45)13-21(41(15-24)16-38)22(43)42(19-4-6-20(7-5-19)46(33,34,35,36)37)26(27(30,31)32,17-3-2-12-39-14-17)23(44)40-18-8-10-25(28,29)11-9-18/h2-7,12,14,18,21,45H,8-11,13,15H2,1H3,(H,40,44)/t21-,24-,26?/m1/s1. The summed E-state index contributed by atoms with van der Waals surface area (Å²) in [4.78, 5) is 29.7. The molecule has 8 nitrogen and oxygen atoms in total. The molecule has 1 aromatic carbocycles. The minimum absolute atomic E-state index is 0.139. The van der Waals surface area contributed by atoms with Crippen molar-refractivity contribution in [3.8, 4) is 6.19 Å². The maximum atomic E-state index is 15.7. The maximum absolute atomic E-state index is 15.7. The van der Waals surface area contributed by atoms with Gasteiger partial charge in [-0.1, -0.05) is 25.5 Å². The summed E-state index contributed by atoms with van der Waals surface area (Å²) in [6, 6.07) is -1.74. The minimum atomic E-state index is -10.4. The number of hydrogen-bond acceptors (Lipinski definition) is 6. The first-order valence-corrected chi connectivity index (χ1v) is 15.5. The van der Waals surface area contributed by atoms with Gasteiger partial charge in [0.15, 0.2) is 6.19 Å². The molecule has 0 spiro atoms. The number of carbonyl (C=O) groups excluding carboxylic acids is 2. The zero-order valence-corrected chi connectivity index (χ0v) is 24.6. The number of pyridine rings is 1. The molecule has 2 amide bonds. The fourth-order valence-corrected chi connectivity index (χ4v) is 6.36. The highest BCUT2D eigenvalue weighted by Gasteiger charge is 2.69. The molecule has 2 heterocycles. The van der Waals surface area contributed by atoms with E-state index >= 15 is 13.2 Å². The van der Waals surface area contributed by atoms with Crippen LogP contribution in [0.2, 0.25) is 0 Å². The van der Waals surface area contributed by atoms with Gasteiger partial charge in [-0.2, -0.15) is 18.4 Å². The summed E-state index contributed by atoms with van der Waals surface area (Å²) in [5, 5.41) is 22.2. The van der Waals surface area contributed by atoms with Crippen LogP contribution < -0.4 is 10.2 Å². The number of amides is 2. The van der Waals surface area contributed by atoms with Gasteiger partial charge in [0.2, 0.25) is 11.5 Å². The lowest BCUT2D eigenvalue weighted by Crippen LogP contribution is -2.69. The highest BCUT2D eigenvalue weighted by molar-refractivity contribution is 8.45. The molecule has 1 saturated carbocycles. The zero-order chi connectivity index (χ0) is 34.6. The third kappa shape index (κ3) is 6.82. The van der Waals surface area contributed by atoms with Crippen LogP contribution in [0.5, 0.6) is 0 Å². The molecule has 2 aliphatic rings. The molecule has 1 aliphatic heterocycles. The largest absolute Gasteiger partial charge is 0.425 e. The number of nitrogens with one attached hydrogen (secondary N) is 1. The minimum Gasteiger partial charge on any atom is -0.388 e. The summed E-state index contributed by atoms with van der Waals surface area (Å²) in [7, 11) is -10.4. The van der Waals surface area contributed by atoms with Crippen LogP contribution in [0.4, 0.5) is 47.1 Å². The average molecular weight is 692 g/mol. The van der Waals surface area contributed by atoms with Gasteiger partial charge in [-0.05, 0) is 50.1 Å². The van der Waals surface area contributed by atoms with Crippen LogP contribution in [0, 0.1) is 11.5 Å². The van der Waals surface area contributed by atoms with E-state index in [1.54, 1.807) is 6.19 Å². The monoisotopic (exact) mass is 691 g/mol. The predicted octanol–water partition coefficient (Wildman–Crippen LogP) is 6.53. The maximum Gasteiger partial charge on any atom is 0.425 e. The van der Waals surface area contributed by atoms with Crippen LogP contribution in [0.25, 0.3) is 0 Å². The van der Waals surface area contributed by atoms with Crippen molar-refractivity contribution in [2.24, 2.45) is 0 Å². The fourth-order valence-electron chi connectivity index (χ4n) is 5.71. The molecular formula is C27H27F10N5O3S. The van der Waals surface area contributed by atoms with Gasteiger partial charge < -0.3 is 10.4 Å². The Morgan fingerprint density at radius 1 is 1.09 bits per heavy atom. The molecule has 1 aliphatic carbocycles. The number of anilines is 1. The Hall–Kier alpha value is -3.79. The number of benzene rings is 1. The smallest absolute Gasteiger partial charge is 0.388 e. The molecule has 1 aromatic heterocycles. The van der Waals surface area contributed by atoms with E-state index in [4.69, 9.17) is 0 Å². The van der Waals surface area contributed by atoms with E-state index in [2.05, 4.69) is 10.3 Å². The Morgan fingerprint density at radius 2 is 1.67 bits per heavy atom. The molecule has 1 unspecified atom stereocenters. The van der Waals surface area contributed by atoms with Gasteiger partial charge >= 0.3 is 16.4 Å². The molecule has 2 aromatic rings. The lowest BCUT2D eigenvalue weighted by atomic mass is 9.84. The Morgan fingerprint density at radius 3 is 2.15 bits per heavy atom. The molecule has 0 bridgehead atoms. The molecule has 2 N–H and O–H groups in total. The lowest BCUT2D eigenvalue weighted by molar-refractivity contribution is -0.198. The number of nitrogens with zero attached hydrogens (tertiary/aromatic N) is 4. The Labute approximate surface area is 255 Å². The quantitative estimate of drug-likeness (QED) is 0.253. The second-order valence-corrected chi connectivity index (χ2v) is 14.0. The molecular weight excluding hydrogens is 664 g/mol. The van der Waals surface area contributed by atoms with Crippen molar-refractivity contribution in [2.45, 2.75) is 79.2 Å². The first-order valence-electron chi connectivity index (χ1n) is 13.5. The second-order valence-electron chi connectivity index (χ2n) is 11.6. The van der Waals surface area contributed by atoms with E-state index in [0.29, 0.717) is 11.1 Å². The van der Waals surface area contributed by atoms with Crippen LogP contribution >= 0.6 is 10.2 Å². The highest BCUT2D eigenvalue weighted by Crippen LogP contribution is 3.02. The number of likely N-dealkylation sites (tertiary alicyclic amines) is 1. The van der Waals surface area contributed by atoms with Crippen molar-refractivity contribution in [3.63, 3.8) is 0 Å². The molecule has 0 radical (unpaired) electrons. The number of rotatable bonds is 7. The van der Waals surface area contributed by atoms with E-state index in [0.717, 1.165) is 25.3 Å². The first-order chi connectivity index (χ1) is 20.8. The topological polar surface area (TPSA) is 110 Å². The first kappa shape index (κ1) is 35.1. The van der Waals surface area contributed by atoms with E-state index in [-0.39, 0.29) is 29.2 Å². The summed E-state index contributed by atoms with van der Waals surface area (Å²) in [6.45, 7) is 0.591. The van der Waals surface area contributed by atoms with Crippen LogP contribution in [-0.4, -0.2) is 63.1 Å². The van der Waals surface area contributed by atoms with E-state index < -0.39 is 112 Å². The van der Waals surface area contributed by atoms with E-state index in [1.165, 1.54) is 0 Å². The van der Waals surface area contributed by atoms with Gasteiger partial charge in [-0.25, -0.2) is 8.78 Å². The predicted molar refractivity (Wildman–Crippen MR) is 144 cm³/mol. The number of nitriles is 1. The van der Waals surface area contributed by atoms with Crippen LogP contribution in [0.15, 0.2) is 53.7 Å². The number of β-amino-alcohol motifs (C(OH)–C–C–N with tert-alkyl or cyclic N) is 1. The Kier molecular flexibility index (Phi) is 8.10. The molecule has 4 rings (SSSR count). The third-order valence-corrected chi connectivity index (χ3v) is 9.06. The summed E-state index contributed by atoms with van der Waals surface area (Å²) in [5.74, 6) is -6.88. The second kappa shape index (κ2) is 10.6. The lowest BCUT2D eigenvalue weighted by Gasteiger charge is -2.46. The molecule has 2 fully saturated rings. The van der Waals surface area contributed by atoms with Crippen molar-refractivity contribution in [1.82, 2.24) is 15.2 Å². The average Bonchev–Trinajstić information content (AvgIpc) is 3.25. The zero-order valence-electron chi connectivity index (χ0n) is 23.8. The molecule has 1 saturated heterocycles.